The van der Waals surface area contributed by atoms with Crippen LogP contribution in [-0.2, 0) is 9.22 Å². The summed E-state index contributed by atoms with van der Waals surface area (Å²) < 4.78 is 7.36. The monoisotopic (exact) mass is 405 g/mol. The number of thiocarbonyl (C=S) groups is 1. The summed E-state index contributed by atoms with van der Waals surface area (Å²) in [6.07, 6.45) is -0.524. The normalized spacial score (nSPS) is 20.4. The Kier molecular flexibility index (Phi) is 8.59. The van der Waals surface area contributed by atoms with Crippen LogP contribution in [0.15, 0.2) is 0 Å². The molecule has 1 aliphatic heterocycles. The Morgan fingerprint density at radius 2 is 1.88 bits per heavy atom. The van der Waals surface area contributed by atoms with Crippen LogP contribution in [0.4, 0.5) is 0 Å². The topological polar surface area (TPSA) is 49.8 Å². The maximum atomic E-state index is 12.8. The van der Waals surface area contributed by atoms with Gasteiger partial charge in [0.2, 0.25) is 5.91 Å². The molecular formula is C18H35NO3S2Si. The van der Waals surface area contributed by atoms with E-state index < -0.39 is 20.0 Å². The van der Waals surface area contributed by atoms with Gasteiger partial charge in [0.05, 0.1) is 24.2 Å². The van der Waals surface area contributed by atoms with Crippen LogP contribution in [0.2, 0.25) is 18.1 Å². The molecule has 4 nitrogen and oxygen atoms in total. The van der Waals surface area contributed by atoms with Crippen molar-refractivity contribution < 1.29 is 14.3 Å². The summed E-state index contributed by atoms with van der Waals surface area (Å²) in [6.45, 7) is 14.7. The van der Waals surface area contributed by atoms with Crippen LogP contribution in [0.25, 0.3) is 0 Å². The maximum Gasteiger partial charge on any atom is 0.231 e. The van der Waals surface area contributed by atoms with Crippen molar-refractivity contribution in [3.63, 3.8) is 0 Å². The van der Waals surface area contributed by atoms with Gasteiger partial charge in [0.15, 0.2) is 8.32 Å². The molecule has 0 aromatic rings. The zero-order chi connectivity index (χ0) is 19.4. The van der Waals surface area contributed by atoms with Crippen molar-refractivity contribution in [1.29, 1.82) is 0 Å². The van der Waals surface area contributed by atoms with Crippen molar-refractivity contribution in [3.8, 4) is 0 Å². The van der Waals surface area contributed by atoms with Crippen LogP contribution >= 0.6 is 24.0 Å². The number of nitrogens with zero attached hydrogens (tertiary/aromatic N) is 1. The highest BCUT2D eigenvalue weighted by molar-refractivity contribution is 8.23. The van der Waals surface area contributed by atoms with Gasteiger partial charge in [-0.15, -0.1) is 0 Å². The highest BCUT2D eigenvalue weighted by Crippen LogP contribution is 2.37. The van der Waals surface area contributed by atoms with E-state index in [-0.39, 0.29) is 24.3 Å². The molecule has 1 fully saturated rings. The molecule has 1 amide bonds. The average molecular weight is 406 g/mol. The number of hydrogen-bond donors (Lipinski definition) is 1. The van der Waals surface area contributed by atoms with Gasteiger partial charge in [-0.3, -0.25) is 9.69 Å². The van der Waals surface area contributed by atoms with Gasteiger partial charge >= 0.3 is 0 Å². The smallest absolute Gasteiger partial charge is 0.231 e. The number of rotatable bonds is 9. The Labute approximate surface area is 164 Å². The summed E-state index contributed by atoms with van der Waals surface area (Å²) in [6, 6.07) is 3.16. The van der Waals surface area contributed by atoms with Gasteiger partial charge in [0.1, 0.15) is 4.32 Å². The third-order valence-electron chi connectivity index (χ3n) is 5.51. The first-order valence-electron chi connectivity index (χ1n) is 9.40. The molecule has 1 heterocycles. The lowest BCUT2D eigenvalue weighted by Gasteiger charge is -2.44. The highest BCUT2D eigenvalue weighted by Gasteiger charge is 2.47. The molecule has 0 aromatic carbocycles. The SMILES string of the molecule is CC[Si](CC)(CC)OC(C)(C)[C@@H]1CSC(=S)N1C(=O)C[C@H](O)C(C)C. The van der Waals surface area contributed by atoms with E-state index in [1.54, 1.807) is 16.7 Å². The van der Waals surface area contributed by atoms with Crippen molar-refractivity contribution in [3.05, 3.63) is 0 Å². The minimum Gasteiger partial charge on any atom is -0.410 e. The largest absolute Gasteiger partial charge is 0.410 e. The first-order valence-corrected chi connectivity index (χ1v) is 13.3. The zero-order valence-electron chi connectivity index (χ0n) is 16.8. The van der Waals surface area contributed by atoms with Crippen LogP contribution in [0.1, 0.15) is 54.9 Å². The molecule has 0 aliphatic carbocycles. The molecule has 0 saturated carbocycles. The molecule has 2 atom stereocenters. The summed E-state index contributed by atoms with van der Waals surface area (Å²) in [5.41, 5.74) is -0.444. The van der Waals surface area contributed by atoms with Crippen molar-refractivity contribution in [2.45, 2.75) is 90.8 Å². The molecule has 1 aliphatic rings. The maximum absolute atomic E-state index is 12.8. The van der Waals surface area contributed by atoms with Crippen molar-refractivity contribution in [1.82, 2.24) is 4.90 Å². The lowest BCUT2D eigenvalue weighted by atomic mass is 9.98. The van der Waals surface area contributed by atoms with Crippen molar-refractivity contribution >= 4 is 42.5 Å². The van der Waals surface area contributed by atoms with Crippen LogP contribution in [-0.4, -0.2) is 52.1 Å². The van der Waals surface area contributed by atoms with Gasteiger partial charge in [0, 0.05) is 5.75 Å². The van der Waals surface area contributed by atoms with E-state index in [4.69, 9.17) is 16.6 Å². The number of aliphatic hydroxyl groups excluding tert-OH is 1. The third-order valence-corrected chi connectivity index (χ3v) is 11.8. The fourth-order valence-corrected chi connectivity index (χ4v) is 8.15. The van der Waals surface area contributed by atoms with E-state index in [1.165, 1.54) is 0 Å². The average Bonchev–Trinajstić information content (AvgIpc) is 2.95. The Morgan fingerprint density at radius 3 is 2.32 bits per heavy atom. The molecule has 0 unspecified atom stereocenters. The number of aliphatic hydroxyl groups is 1. The molecule has 1 N–H and O–H groups in total. The molecular weight excluding hydrogens is 370 g/mol. The summed E-state index contributed by atoms with van der Waals surface area (Å²) in [4.78, 5) is 14.5. The summed E-state index contributed by atoms with van der Waals surface area (Å²) in [5, 5.41) is 10.1. The molecule has 1 rings (SSSR count). The number of carbonyl (C=O) groups excluding carboxylic acids is 1. The van der Waals surface area contributed by atoms with Crippen LogP contribution < -0.4 is 0 Å². The molecule has 25 heavy (non-hydrogen) atoms. The summed E-state index contributed by atoms with van der Waals surface area (Å²) >= 11 is 6.99. The number of thioether (sulfide) groups is 1. The zero-order valence-corrected chi connectivity index (χ0v) is 19.4. The van der Waals surface area contributed by atoms with E-state index in [2.05, 4.69) is 34.6 Å². The molecule has 7 heteroatoms. The molecule has 0 bridgehead atoms. The Hall–Kier alpha value is 0.0469. The quantitative estimate of drug-likeness (QED) is 0.454. The fourth-order valence-electron chi connectivity index (χ4n) is 3.31. The van der Waals surface area contributed by atoms with E-state index in [0.717, 1.165) is 23.9 Å². The second-order valence-electron chi connectivity index (χ2n) is 7.82. The molecule has 0 radical (unpaired) electrons. The van der Waals surface area contributed by atoms with Gasteiger partial charge in [-0.1, -0.05) is 58.6 Å². The van der Waals surface area contributed by atoms with Crippen LogP contribution in [0, 0.1) is 5.92 Å². The van der Waals surface area contributed by atoms with Crippen LogP contribution in [0.5, 0.6) is 0 Å². The van der Waals surface area contributed by atoms with E-state index >= 15 is 0 Å². The number of hydrogen-bond acceptors (Lipinski definition) is 5. The first kappa shape index (κ1) is 23.1. The first-order chi connectivity index (χ1) is 11.5. The fraction of sp³-hybridized carbons (Fsp3) is 0.889. The summed E-state index contributed by atoms with van der Waals surface area (Å²) in [5.74, 6) is 0.724. The van der Waals surface area contributed by atoms with Gasteiger partial charge in [0.25, 0.3) is 0 Å². The predicted octanol–water partition coefficient (Wildman–Crippen LogP) is 4.42. The number of amides is 1. The molecule has 0 aromatic heterocycles. The van der Waals surface area contributed by atoms with E-state index in [0.29, 0.717) is 4.32 Å². The molecule has 1 saturated heterocycles. The summed E-state index contributed by atoms with van der Waals surface area (Å²) in [7, 11) is -1.80. The minimum absolute atomic E-state index is 0.0517. The minimum atomic E-state index is -1.80. The van der Waals surface area contributed by atoms with E-state index in [9.17, 15) is 9.90 Å². The predicted molar refractivity (Wildman–Crippen MR) is 114 cm³/mol. The Bertz CT molecular complexity index is 473. The lowest BCUT2D eigenvalue weighted by molar-refractivity contribution is -0.134. The Morgan fingerprint density at radius 1 is 1.36 bits per heavy atom. The van der Waals surface area contributed by atoms with Gasteiger partial charge < -0.3 is 9.53 Å². The third kappa shape index (κ3) is 5.51. The lowest BCUT2D eigenvalue weighted by Crippen LogP contribution is -2.57. The second kappa shape index (κ2) is 9.31. The van der Waals surface area contributed by atoms with Crippen molar-refractivity contribution in [2.75, 3.05) is 5.75 Å². The Balaban J connectivity index is 3.00. The van der Waals surface area contributed by atoms with Gasteiger partial charge in [-0.2, -0.15) is 0 Å². The highest BCUT2D eigenvalue weighted by atomic mass is 32.2. The van der Waals surface area contributed by atoms with E-state index in [1.807, 2.05) is 13.8 Å². The van der Waals surface area contributed by atoms with Gasteiger partial charge in [-0.25, -0.2) is 0 Å². The standard InChI is InChI=1S/C18H35NO3S2Si/c1-8-25(9-2,10-3)22-18(6,7)15-12-24-17(23)19(15)16(21)11-14(20)13(4)5/h13-15,20H,8-12H2,1-7H3/t14-,15-/m0/s1. The second-order valence-corrected chi connectivity index (χ2v) is 14.2. The van der Waals surface area contributed by atoms with Crippen LogP contribution in [0.3, 0.4) is 0 Å². The molecule has 146 valence electrons. The molecule has 0 spiro atoms. The number of carbonyl (C=O) groups is 1. The van der Waals surface area contributed by atoms with Crippen molar-refractivity contribution in [2.24, 2.45) is 5.92 Å². The van der Waals surface area contributed by atoms with Gasteiger partial charge in [-0.05, 0) is 37.9 Å².